The first-order valence-corrected chi connectivity index (χ1v) is 14.9. The van der Waals surface area contributed by atoms with Gasteiger partial charge in [-0.05, 0) is 0 Å². The van der Waals surface area contributed by atoms with Gasteiger partial charge in [-0.25, -0.2) is 0 Å². The van der Waals surface area contributed by atoms with Crippen LogP contribution in [0.1, 0.15) is 0 Å². The summed E-state index contributed by atoms with van der Waals surface area (Å²) in [5.74, 6) is 0. The van der Waals surface area contributed by atoms with Crippen LogP contribution in [0.4, 0.5) is 0 Å². The van der Waals surface area contributed by atoms with Gasteiger partial charge in [-0.15, -0.1) is 0 Å². The van der Waals surface area contributed by atoms with Gasteiger partial charge in [-0.3, -0.25) is 0 Å². The van der Waals surface area contributed by atoms with Gasteiger partial charge in [-0.1, -0.05) is 0 Å². The molecule has 0 aliphatic heterocycles. The molecule has 0 fully saturated rings. The molecule has 0 saturated heterocycles. The molecule has 0 atom stereocenters. The van der Waals surface area contributed by atoms with E-state index in [0.717, 1.165) is 0 Å². The van der Waals surface area contributed by atoms with Crippen LogP contribution in [0.15, 0.2) is 0 Å². The van der Waals surface area contributed by atoms with Crippen molar-refractivity contribution in [1.82, 2.24) is 0 Å². The Bertz CT molecular complexity index is 8.00. The molecule has 27 valence electrons. The molecule has 0 spiro atoms. The van der Waals surface area contributed by atoms with Gasteiger partial charge in [-0.2, -0.15) is 0 Å². The Morgan fingerprint density at radius 3 is 1.00 bits per heavy atom. The van der Waals surface area contributed by atoms with Crippen molar-refractivity contribution in [2.24, 2.45) is 0 Å². The number of hydrogen-bond acceptors (Lipinski definition) is 0. The molecule has 0 aliphatic rings. The summed E-state index contributed by atoms with van der Waals surface area (Å²) in [6.07, 6.45) is 0. The average molecular weight is 316 g/mol. The molecular formula is HBiCl3. The van der Waals surface area contributed by atoms with E-state index in [0.29, 0.717) is 0 Å². The Kier molecular flexibility index (Phi) is 4.26. The molecule has 0 rings (SSSR count). The average Bonchev–Trinajstić information content (AvgIpc) is 0.811. The van der Waals surface area contributed by atoms with Crippen molar-refractivity contribution in [3.63, 3.8) is 0 Å². The summed E-state index contributed by atoms with van der Waals surface area (Å²) in [4.78, 5) is 0. The Balaban J connectivity index is 2.32. The Hall–Kier alpha value is 1.75. The van der Waals surface area contributed by atoms with E-state index in [-0.39, 0.29) is 0 Å². The van der Waals surface area contributed by atoms with E-state index in [2.05, 4.69) is 0 Å². The second kappa shape index (κ2) is 2.96. The third-order valence-corrected chi connectivity index (χ3v) is 0. The molecule has 0 saturated carbocycles. The fourth-order valence-electron chi connectivity index (χ4n) is 0. The molecule has 4 heteroatoms. The molecule has 0 bridgehead atoms. The minimum atomic E-state index is -2.24. The molecular weight excluding hydrogens is 315 g/mol. The fraction of sp³-hybridized carbons (Fsp3) is 0. The number of hydrogen-bond donors (Lipinski definition) is 0. The zero-order valence-corrected chi connectivity index (χ0v) is 7.79. The first kappa shape index (κ1) is 5.75. The topological polar surface area (TPSA) is 0 Å². The summed E-state index contributed by atoms with van der Waals surface area (Å²) < 4.78 is 0. The summed E-state index contributed by atoms with van der Waals surface area (Å²) in [6, 6.07) is 0. The van der Waals surface area contributed by atoms with E-state index in [1.807, 2.05) is 0 Å². The van der Waals surface area contributed by atoms with Crippen LogP contribution in [0.25, 0.3) is 0 Å². The normalized spacial score (nSPS) is 9.00. The molecule has 0 aliphatic carbocycles. The third-order valence-electron chi connectivity index (χ3n) is 0. The van der Waals surface area contributed by atoms with Crippen molar-refractivity contribution in [3.05, 3.63) is 0 Å². The molecule has 0 aromatic rings. The van der Waals surface area contributed by atoms with Crippen molar-refractivity contribution in [2.75, 3.05) is 0 Å². The van der Waals surface area contributed by atoms with Gasteiger partial charge < -0.3 is 0 Å². The van der Waals surface area contributed by atoms with Gasteiger partial charge in [0.1, 0.15) is 0 Å². The standard InChI is InChI=1S/Bi.3ClH.H/h;3*1H;/q+3;;;;/p-3. The van der Waals surface area contributed by atoms with Gasteiger partial charge >= 0.3 is 43.7 Å². The van der Waals surface area contributed by atoms with Crippen LogP contribution in [0.5, 0.6) is 0 Å². The predicted octanol–water partition coefficient (Wildman–Crippen LogP) is 1.42. The monoisotopic (exact) mass is 315 g/mol. The van der Waals surface area contributed by atoms with E-state index in [4.69, 9.17) is 25.5 Å². The molecule has 4 heavy (non-hydrogen) atoms. The number of halogens is 3. The maximum absolute atomic E-state index is 5.02. The second-order valence-corrected chi connectivity index (χ2v) is 16.9. The van der Waals surface area contributed by atoms with E-state index >= 15 is 0 Å². The molecule has 0 unspecified atom stereocenters. The first-order chi connectivity index (χ1) is 1.73. The zero-order valence-electron chi connectivity index (χ0n) is 1.63. The third kappa shape index (κ3) is 9.26. The Labute approximate surface area is 43.4 Å². The SMILES string of the molecule is [Cl][BiH]([Cl])[Cl]. The van der Waals surface area contributed by atoms with Crippen LogP contribution < -0.4 is 0 Å². The van der Waals surface area contributed by atoms with Crippen LogP contribution in [0, 0.1) is 0 Å². The molecule has 0 N–H and O–H groups in total. The van der Waals surface area contributed by atoms with E-state index in [1.54, 1.807) is 0 Å². The van der Waals surface area contributed by atoms with Crippen LogP contribution in [0.3, 0.4) is 0 Å². The molecule has 0 aromatic carbocycles. The van der Waals surface area contributed by atoms with Crippen molar-refractivity contribution in [3.8, 4) is 0 Å². The molecule has 0 heterocycles. The van der Waals surface area contributed by atoms with Gasteiger partial charge in [0, 0.05) is 0 Å². The van der Waals surface area contributed by atoms with E-state index in [1.165, 1.54) is 0 Å². The summed E-state index contributed by atoms with van der Waals surface area (Å²) in [5, 5.41) is 0. The molecule has 0 amide bonds. The van der Waals surface area contributed by atoms with E-state index < -0.39 is 18.2 Å². The second-order valence-electron chi connectivity index (χ2n) is 0.214. The Morgan fingerprint density at radius 1 is 1.00 bits per heavy atom. The van der Waals surface area contributed by atoms with Gasteiger partial charge in [0.05, 0.1) is 0 Å². The predicted molar refractivity (Wildman–Crippen MR) is 24.7 cm³/mol. The van der Waals surface area contributed by atoms with Gasteiger partial charge in [0.2, 0.25) is 0 Å². The molecule has 0 aromatic heterocycles. The number of rotatable bonds is 0. The Morgan fingerprint density at radius 2 is 1.00 bits per heavy atom. The van der Waals surface area contributed by atoms with Crippen LogP contribution >= 0.6 is 25.5 Å². The summed E-state index contributed by atoms with van der Waals surface area (Å²) in [6.45, 7) is 0. The van der Waals surface area contributed by atoms with Gasteiger partial charge in [0.15, 0.2) is 0 Å². The van der Waals surface area contributed by atoms with Crippen molar-refractivity contribution >= 4 is 43.7 Å². The first-order valence-electron chi connectivity index (χ1n) is 0.567. The van der Waals surface area contributed by atoms with Gasteiger partial charge in [0.25, 0.3) is 0 Å². The van der Waals surface area contributed by atoms with Crippen LogP contribution in [0.2, 0.25) is 0 Å². The quantitative estimate of drug-likeness (QED) is 0.593. The summed E-state index contributed by atoms with van der Waals surface area (Å²) in [5.41, 5.74) is 0. The minimum absolute atomic E-state index is 2.24. The fourth-order valence-corrected chi connectivity index (χ4v) is 0. The summed E-state index contributed by atoms with van der Waals surface area (Å²) in [7, 11) is 15.1. The molecule has 1 radical (unpaired) electrons. The zero-order chi connectivity index (χ0) is 3.58. The summed E-state index contributed by atoms with van der Waals surface area (Å²) >= 11 is -2.24. The van der Waals surface area contributed by atoms with Crippen molar-refractivity contribution in [2.45, 2.75) is 0 Å². The molecule has 0 nitrogen and oxygen atoms in total. The van der Waals surface area contributed by atoms with Crippen LogP contribution in [-0.4, -0.2) is 18.2 Å². The maximum atomic E-state index is 5.02. The van der Waals surface area contributed by atoms with Crippen molar-refractivity contribution < 1.29 is 0 Å². The van der Waals surface area contributed by atoms with Crippen molar-refractivity contribution in [1.29, 1.82) is 0 Å². The van der Waals surface area contributed by atoms with Crippen LogP contribution in [-0.2, 0) is 0 Å². The van der Waals surface area contributed by atoms with E-state index in [9.17, 15) is 0 Å².